The van der Waals surface area contributed by atoms with Gasteiger partial charge in [0.1, 0.15) is 5.75 Å². The molecule has 4 nitrogen and oxygen atoms in total. The predicted molar refractivity (Wildman–Crippen MR) is 98.9 cm³/mol. The van der Waals surface area contributed by atoms with Crippen molar-refractivity contribution in [2.45, 2.75) is 19.9 Å². The number of hydrogen-bond donors (Lipinski definition) is 1. The molecule has 0 aromatic heterocycles. The molecule has 0 saturated heterocycles. The summed E-state index contributed by atoms with van der Waals surface area (Å²) in [5.41, 5.74) is 2.51. The third-order valence-corrected chi connectivity index (χ3v) is 3.91. The molecule has 2 aromatic carbocycles. The fraction of sp³-hybridized carbons (Fsp3) is 0.238. The molecule has 1 unspecified atom stereocenters. The predicted octanol–water partition coefficient (Wildman–Crippen LogP) is 4.09. The fourth-order valence-corrected chi connectivity index (χ4v) is 2.49. The van der Waals surface area contributed by atoms with Crippen LogP contribution in [0.25, 0.3) is 6.08 Å². The molecule has 1 amide bonds. The number of amides is 1. The first kappa shape index (κ1) is 18.3. The summed E-state index contributed by atoms with van der Waals surface area (Å²) < 4.78 is 5.18. The van der Waals surface area contributed by atoms with E-state index in [-0.39, 0.29) is 17.9 Å². The van der Waals surface area contributed by atoms with Crippen LogP contribution in [0.15, 0.2) is 54.6 Å². The van der Waals surface area contributed by atoms with E-state index in [2.05, 4.69) is 25.2 Å². The van der Waals surface area contributed by atoms with E-state index >= 15 is 0 Å². The first-order valence-corrected chi connectivity index (χ1v) is 8.16. The molecule has 1 N–H and O–H groups in total. The average Bonchev–Trinajstić information content (AvgIpc) is 2.64. The van der Waals surface area contributed by atoms with Crippen LogP contribution in [0.2, 0.25) is 0 Å². The van der Waals surface area contributed by atoms with Crippen molar-refractivity contribution in [1.82, 2.24) is 5.32 Å². The van der Waals surface area contributed by atoms with Gasteiger partial charge in [-0.25, -0.2) is 0 Å². The Morgan fingerprint density at radius 1 is 1.12 bits per heavy atom. The van der Waals surface area contributed by atoms with Gasteiger partial charge in [-0.15, -0.1) is 0 Å². The second-order valence-electron chi connectivity index (χ2n) is 6.07. The molecule has 2 rings (SSSR count). The molecule has 128 valence electrons. The first-order chi connectivity index (χ1) is 12.0. The number of carbonyl (C=O) groups excluding carboxylic acids is 1. The number of rotatable bonds is 6. The molecular formula is C21H22N2O2. The van der Waals surface area contributed by atoms with Crippen LogP contribution in [-0.2, 0) is 4.79 Å². The van der Waals surface area contributed by atoms with Crippen LogP contribution in [0.5, 0.6) is 5.75 Å². The lowest BCUT2D eigenvalue weighted by Crippen LogP contribution is -2.30. The lowest BCUT2D eigenvalue weighted by atomic mass is 9.96. The third kappa shape index (κ3) is 5.22. The summed E-state index contributed by atoms with van der Waals surface area (Å²) >= 11 is 0. The van der Waals surface area contributed by atoms with Crippen molar-refractivity contribution in [1.29, 1.82) is 5.26 Å². The van der Waals surface area contributed by atoms with E-state index in [1.807, 2.05) is 36.4 Å². The maximum atomic E-state index is 12.3. The summed E-state index contributed by atoms with van der Waals surface area (Å²) in [7, 11) is 1.63. The highest BCUT2D eigenvalue weighted by Gasteiger charge is 2.17. The van der Waals surface area contributed by atoms with Gasteiger partial charge in [-0.1, -0.05) is 38.1 Å². The van der Waals surface area contributed by atoms with Crippen molar-refractivity contribution in [2.75, 3.05) is 7.11 Å². The molecule has 0 spiro atoms. The van der Waals surface area contributed by atoms with E-state index in [1.165, 1.54) is 6.08 Å². The number of nitrogens with zero attached hydrogens (tertiary/aromatic N) is 1. The zero-order valence-electron chi connectivity index (χ0n) is 14.7. The molecular weight excluding hydrogens is 312 g/mol. The molecule has 4 heteroatoms. The molecule has 0 saturated carbocycles. The van der Waals surface area contributed by atoms with Gasteiger partial charge in [0, 0.05) is 6.08 Å². The molecule has 0 aliphatic carbocycles. The maximum absolute atomic E-state index is 12.3. The van der Waals surface area contributed by atoms with E-state index in [9.17, 15) is 4.79 Å². The van der Waals surface area contributed by atoms with Gasteiger partial charge in [-0.2, -0.15) is 5.26 Å². The lowest BCUT2D eigenvalue weighted by Gasteiger charge is -2.22. The summed E-state index contributed by atoms with van der Waals surface area (Å²) in [6, 6.07) is 16.8. The van der Waals surface area contributed by atoms with Gasteiger partial charge < -0.3 is 10.1 Å². The van der Waals surface area contributed by atoms with Gasteiger partial charge >= 0.3 is 0 Å². The van der Waals surface area contributed by atoms with Crippen LogP contribution in [0.1, 0.15) is 36.6 Å². The SMILES string of the molecule is COc1ccc(C(NC(=O)/C=C/c2ccc(C#N)cc2)C(C)C)cc1. The smallest absolute Gasteiger partial charge is 0.244 e. The van der Waals surface area contributed by atoms with Crippen molar-refractivity contribution < 1.29 is 9.53 Å². The van der Waals surface area contributed by atoms with Crippen molar-refractivity contribution >= 4 is 12.0 Å². The standard InChI is InChI=1S/C21H22N2O2/c1-15(2)21(18-9-11-19(25-3)12-10-18)23-20(24)13-8-16-4-6-17(14-22)7-5-16/h4-13,15,21H,1-3H3,(H,23,24)/b13-8+. The van der Waals surface area contributed by atoms with E-state index in [0.29, 0.717) is 5.56 Å². The normalized spacial score (nSPS) is 12.0. The number of carbonyl (C=O) groups is 1. The summed E-state index contributed by atoms with van der Waals surface area (Å²) in [5.74, 6) is 0.887. The van der Waals surface area contributed by atoms with E-state index < -0.39 is 0 Å². The number of nitriles is 1. The Labute approximate surface area is 148 Å². The van der Waals surface area contributed by atoms with Gasteiger partial charge in [0.25, 0.3) is 0 Å². The average molecular weight is 334 g/mol. The number of benzene rings is 2. The van der Waals surface area contributed by atoms with Crippen LogP contribution < -0.4 is 10.1 Å². The second kappa shape index (κ2) is 8.70. The van der Waals surface area contributed by atoms with Crippen LogP contribution in [0.4, 0.5) is 0 Å². The third-order valence-electron chi connectivity index (χ3n) is 3.91. The van der Waals surface area contributed by atoms with Crippen LogP contribution in [0.3, 0.4) is 0 Å². The zero-order valence-corrected chi connectivity index (χ0v) is 14.7. The second-order valence-corrected chi connectivity index (χ2v) is 6.07. The highest BCUT2D eigenvalue weighted by molar-refractivity contribution is 5.92. The van der Waals surface area contributed by atoms with Gasteiger partial charge in [0.2, 0.25) is 5.91 Å². The molecule has 25 heavy (non-hydrogen) atoms. The Morgan fingerprint density at radius 3 is 2.28 bits per heavy atom. The molecule has 0 fully saturated rings. The largest absolute Gasteiger partial charge is 0.497 e. The maximum Gasteiger partial charge on any atom is 0.244 e. The quantitative estimate of drug-likeness (QED) is 0.809. The van der Waals surface area contributed by atoms with Crippen LogP contribution in [-0.4, -0.2) is 13.0 Å². The van der Waals surface area contributed by atoms with Crippen molar-refractivity contribution in [3.8, 4) is 11.8 Å². The van der Waals surface area contributed by atoms with Gasteiger partial charge in [0.05, 0.1) is 24.8 Å². The highest BCUT2D eigenvalue weighted by Crippen LogP contribution is 2.23. The van der Waals surface area contributed by atoms with Crippen LogP contribution >= 0.6 is 0 Å². The number of hydrogen-bond acceptors (Lipinski definition) is 3. The van der Waals surface area contributed by atoms with Crippen molar-refractivity contribution in [3.63, 3.8) is 0 Å². The summed E-state index contributed by atoms with van der Waals surface area (Å²) in [6.45, 7) is 4.14. The molecule has 0 bridgehead atoms. The monoisotopic (exact) mass is 334 g/mol. The van der Waals surface area contributed by atoms with Crippen LogP contribution in [0, 0.1) is 17.2 Å². The lowest BCUT2D eigenvalue weighted by molar-refractivity contribution is -0.117. The Hall–Kier alpha value is -3.06. The van der Waals surface area contributed by atoms with Gasteiger partial charge in [-0.05, 0) is 47.4 Å². The minimum Gasteiger partial charge on any atom is -0.497 e. The molecule has 2 aromatic rings. The summed E-state index contributed by atoms with van der Waals surface area (Å²) in [6.07, 6.45) is 3.25. The van der Waals surface area contributed by atoms with E-state index in [1.54, 1.807) is 25.3 Å². The number of methoxy groups -OCH3 is 1. The Morgan fingerprint density at radius 2 is 1.76 bits per heavy atom. The van der Waals surface area contributed by atoms with Crippen molar-refractivity contribution in [2.24, 2.45) is 5.92 Å². The zero-order chi connectivity index (χ0) is 18.2. The molecule has 0 aliphatic heterocycles. The molecule has 1 atom stereocenters. The topological polar surface area (TPSA) is 62.1 Å². The molecule has 0 aliphatic rings. The minimum atomic E-state index is -0.154. The Balaban J connectivity index is 2.06. The number of ether oxygens (including phenoxy) is 1. The Bertz CT molecular complexity index is 769. The number of nitrogens with one attached hydrogen (secondary N) is 1. The summed E-state index contributed by atoms with van der Waals surface area (Å²) in [4.78, 5) is 12.3. The summed E-state index contributed by atoms with van der Waals surface area (Å²) in [5, 5.41) is 11.8. The fourth-order valence-electron chi connectivity index (χ4n) is 2.49. The minimum absolute atomic E-state index is 0.0796. The van der Waals surface area contributed by atoms with Crippen molar-refractivity contribution in [3.05, 3.63) is 71.3 Å². The van der Waals surface area contributed by atoms with E-state index in [0.717, 1.165) is 16.9 Å². The Kier molecular flexibility index (Phi) is 6.36. The first-order valence-electron chi connectivity index (χ1n) is 8.16. The van der Waals surface area contributed by atoms with Gasteiger partial charge in [0.15, 0.2) is 0 Å². The molecule has 0 radical (unpaired) electrons. The van der Waals surface area contributed by atoms with Gasteiger partial charge in [-0.3, -0.25) is 4.79 Å². The highest BCUT2D eigenvalue weighted by atomic mass is 16.5. The van der Waals surface area contributed by atoms with E-state index in [4.69, 9.17) is 10.00 Å². The molecule has 0 heterocycles.